The van der Waals surface area contributed by atoms with Crippen molar-refractivity contribution in [1.29, 1.82) is 0 Å². The quantitative estimate of drug-likeness (QED) is 0.526. The monoisotopic (exact) mass is 419 g/mol. The van der Waals surface area contributed by atoms with Crippen molar-refractivity contribution in [3.63, 3.8) is 0 Å². The molecule has 1 aromatic carbocycles. The smallest absolute Gasteiger partial charge is 0.257 e. The summed E-state index contributed by atoms with van der Waals surface area (Å²) in [5.74, 6) is 0.252. The number of aromatic amines is 1. The van der Waals surface area contributed by atoms with E-state index in [1.54, 1.807) is 49.8 Å². The topological polar surface area (TPSA) is 118 Å². The number of benzene rings is 1. The molecule has 4 aromatic rings. The van der Waals surface area contributed by atoms with Crippen molar-refractivity contribution in [3.05, 3.63) is 63.6 Å². The summed E-state index contributed by atoms with van der Waals surface area (Å²) in [6.45, 7) is 5.21. The highest BCUT2D eigenvalue weighted by molar-refractivity contribution is 6.04. The summed E-state index contributed by atoms with van der Waals surface area (Å²) in [6, 6.07) is 6.41. The van der Waals surface area contributed by atoms with Crippen LogP contribution in [0.15, 0.2) is 35.3 Å². The van der Waals surface area contributed by atoms with Gasteiger partial charge in [0.25, 0.3) is 5.56 Å². The van der Waals surface area contributed by atoms with Gasteiger partial charge in [-0.15, -0.1) is 0 Å². The molecule has 0 spiro atoms. The number of amides is 1. The summed E-state index contributed by atoms with van der Waals surface area (Å²) in [5.41, 5.74) is 0.139. The Labute approximate surface area is 175 Å². The Hall–Kier alpha value is -3.95. The molecular formula is C21H18FN7O2. The molecule has 5 rings (SSSR count). The van der Waals surface area contributed by atoms with Crippen LogP contribution in [0.3, 0.4) is 0 Å². The van der Waals surface area contributed by atoms with Crippen LogP contribution in [0.2, 0.25) is 0 Å². The number of hydrogen-bond donors (Lipinski definition) is 2. The zero-order valence-electron chi connectivity index (χ0n) is 17.0. The van der Waals surface area contributed by atoms with E-state index < -0.39 is 11.0 Å². The molecule has 0 atom stereocenters. The Kier molecular flexibility index (Phi) is 4.01. The largest absolute Gasteiger partial charge is 0.309 e. The van der Waals surface area contributed by atoms with Gasteiger partial charge in [0.05, 0.1) is 22.9 Å². The van der Waals surface area contributed by atoms with Crippen LogP contribution in [-0.2, 0) is 16.8 Å². The van der Waals surface area contributed by atoms with E-state index >= 15 is 0 Å². The van der Waals surface area contributed by atoms with E-state index in [4.69, 9.17) is 0 Å². The molecule has 0 saturated carbocycles. The van der Waals surface area contributed by atoms with Crippen LogP contribution in [0, 0.1) is 12.7 Å². The minimum atomic E-state index is -0.985. The highest BCUT2D eigenvalue weighted by Crippen LogP contribution is 2.34. The first-order chi connectivity index (χ1) is 14.8. The number of aromatic nitrogens is 6. The summed E-state index contributed by atoms with van der Waals surface area (Å²) in [7, 11) is 0. The Balaban J connectivity index is 1.70. The average Bonchev–Trinajstić information content (AvgIpc) is 3.17. The molecule has 1 aliphatic rings. The van der Waals surface area contributed by atoms with E-state index in [1.807, 2.05) is 0 Å². The Bertz CT molecular complexity index is 1440. The van der Waals surface area contributed by atoms with Gasteiger partial charge in [0.15, 0.2) is 11.5 Å². The van der Waals surface area contributed by atoms with Crippen LogP contribution in [0.1, 0.15) is 30.8 Å². The van der Waals surface area contributed by atoms with Crippen LogP contribution in [0.4, 0.5) is 10.2 Å². The van der Waals surface area contributed by atoms with Gasteiger partial charge >= 0.3 is 0 Å². The Morgan fingerprint density at radius 1 is 1.16 bits per heavy atom. The molecule has 1 amide bonds. The van der Waals surface area contributed by atoms with Crippen molar-refractivity contribution in [2.75, 3.05) is 5.32 Å². The van der Waals surface area contributed by atoms with Gasteiger partial charge in [-0.3, -0.25) is 9.59 Å². The Morgan fingerprint density at radius 2 is 1.94 bits per heavy atom. The molecule has 10 heteroatoms. The van der Waals surface area contributed by atoms with Gasteiger partial charge in [-0.2, -0.15) is 5.10 Å². The number of carbonyl (C=O) groups is 1. The summed E-state index contributed by atoms with van der Waals surface area (Å²) >= 11 is 0. The second-order valence-electron chi connectivity index (χ2n) is 7.97. The van der Waals surface area contributed by atoms with Crippen molar-refractivity contribution < 1.29 is 9.18 Å². The average molecular weight is 419 g/mol. The number of halogens is 1. The number of rotatable bonds is 3. The van der Waals surface area contributed by atoms with Gasteiger partial charge in [0.2, 0.25) is 5.91 Å². The fourth-order valence-electron chi connectivity index (χ4n) is 3.75. The lowest BCUT2D eigenvalue weighted by atomic mass is 9.88. The predicted molar refractivity (Wildman–Crippen MR) is 111 cm³/mol. The van der Waals surface area contributed by atoms with Crippen molar-refractivity contribution in [2.45, 2.75) is 32.7 Å². The van der Waals surface area contributed by atoms with E-state index in [1.165, 1.54) is 6.07 Å². The first-order valence-electron chi connectivity index (χ1n) is 9.66. The zero-order chi connectivity index (χ0) is 21.9. The summed E-state index contributed by atoms with van der Waals surface area (Å²) in [5, 5.41) is 7.78. The number of H-pyrrole nitrogens is 1. The molecule has 0 bridgehead atoms. The van der Waals surface area contributed by atoms with Gasteiger partial charge in [-0.1, -0.05) is 18.2 Å². The third kappa shape index (κ3) is 2.90. The fourth-order valence-corrected chi connectivity index (χ4v) is 3.75. The van der Waals surface area contributed by atoms with Gasteiger partial charge in [-0.05, 0) is 26.8 Å². The molecule has 0 unspecified atom stereocenters. The first kappa shape index (κ1) is 19.0. The maximum absolute atomic E-state index is 14.2. The number of nitrogens with one attached hydrogen (secondary N) is 2. The SMILES string of the molecule is Cc1ncc2c(-c3nc4c(c(=O)[nH]3)C(C)(C)C(=O)N4)nn(Cc3ccccc3F)c2n1. The van der Waals surface area contributed by atoms with Crippen molar-refractivity contribution in [2.24, 2.45) is 0 Å². The number of anilines is 1. The minimum absolute atomic E-state index is 0.137. The first-order valence-corrected chi connectivity index (χ1v) is 9.66. The highest BCUT2D eigenvalue weighted by Gasteiger charge is 2.42. The van der Waals surface area contributed by atoms with Gasteiger partial charge in [-0.25, -0.2) is 24.0 Å². The lowest BCUT2D eigenvalue weighted by Crippen LogP contribution is -2.31. The van der Waals surface area contributed by atoms with Gasteiger partial charge in [0, 0.05) is 11.8 Å². The van der Waals surface area contributed by atoms with Crippen LogP contribution >= 0.6 is 0 Å². The summed E-state index contributed by atoms with van der Waals surface area (Å²) in [4.78, 5) is 40.9. The number of aryl methyl sites for hydroxylation is 1. The van der Waals surface area contributed by atoms with Crippen LogP contribution in [0.25, 0.3) is 22.6 Å². The molecule has 31 heavy (non-hydrogen) atoms. The molecule has 0 fully saturated rings. The number of nitrogens with zero attached hydrogens (tertiary/aromatic N) is 5. The molecular weight excluding hydrogens is 401 g/mol. The third-order valence-electron chi connectivity index (χ3n) is 5.46. The standard InChI is InChI=1S/C21H18FN7O2/c1-10-23-8-12-15(17-25-16-14(19(30)26-17)21(2,3)20(31)27-16)28-29(18(12)24-10)9-11-6-4-5-7-13(11)22/h4-8H,9H2,1-3H3,(H2,25,26,27,30,31). The van der Waals surface area contributed by atoms with Crippen LogP contribution in [0.5, 0.6) is 0 Å². The third-order valence-corrected chi connectivity index (χ3v) is 5.46. The van der Waals surface area contributed by atoms with E-state index in [-0.39, 0.29) is 35.5 Å². The fraction of sp³-hybridized carbons (Fsp3) is 0.238. The predicted octanol–water partition coefficient (Wildman–Crippen LogP) is 2.30. The molecule has 0 radical (unpaired) electrons. The summed E-state index contributed by atoms with van der Waals surface area (Å²) in [6.07, 6.45) is 1.59. The van der Waals surface area contributed by atoms with Gasteiger partial charge < -0.3 is 10.3 Å². The van der Waals surface area contributed by atoms with Crippen LogP contribution < -0.4 is 10.9 Å². The molecule has 9 nitrogen and oxygen atoms in total. The van der Waals surface area contributed by atoms with E-state index in [0.29, 0.717) is 28.1 Å². The number of fused-ring (bicyclic) bond motifs is 2. The molecule has 0 saturated heterocycles. The molecule has 2 N–H and O–H groups in total. The minimum Gasteiger partial charge on any atom is -0.309 e. The highest BCUT2D eigenvalue weighted by atomic mass is 19.1. The maximum Gasteiger partial charge on any atom is 0.257 e. The second-order valence-corrected chi connectivity index (χ2v) is 7.97. The van der Waals surface area contributed by atoms with Crippen molar-refractivity contribution in [1.82, 2.24) is 29.7 Å². The maximum atomic E-state index is 14.2. The molecule has 4 heterocycles. The van der Waals surface area contributed by atoms with Crippen molar-refractivity contribution >= 4 is 22.8 Å². The molecule has 1 aliphatic heterocycles. The summed E-state index contributed by atoms with van der Waals surface area (Å²) < 4.78 is 15.8. The van der Waals surface area contributed by atoms with E-state index in [0.717, 1.165) is 0 Å². The number of hydrogen-bond acceptors (Lipinski definition) is 6. The number of carbonyl (C=O) groups excluding carboxylic acids is 1. The van der Waals surface area contributed by atoms with Gasteiger partial charge in [0.1, 0.15) is 23.2 Å². The second kappa shape index (κ2) is 6.53. The van der Waals surface area contributed by atoms with E-state index in [9.17, 15) is 14.0 Å². The van der Waals surface area contributed by atoms with Crippen LogP contribution in [-0.4, -0.2) is 35.6 Å². The molecule has 156 valence electrons. The molecule has 0 aliphatic carbocycles. The lowest BCUT2D eigenvalue weighted by Gasteiger charge is -2.13. The lowest BCUT2D eigenvalue weighted by molar-refractivity contribution is -0.119. The van der Waals surface area contributed by atoms with Crippen molar-refractivity contribution in [3.8, 4) is 11.5 Å². The Morgan fingerprint density at radius 3 is 2.71 bits per heavy atom. The zero-order valence-corrected chi connectivity index (χ0v) is 17.0. The van der Waals surface area contributed by atoms with E-state index in [2.05, 4.69) is 30.4 Å². The normalized spacial score (nSPS) is 14.6. The molecule has 3 aromatic heterocycles.